The highest BCUT2D eigenvalue weighted by molar-refractivity contribution is 5.98. The van der Waals surface area contributed by atoms with Gasteiger partial charge in [0, 0.05) is 36.4 Å². The standard InChI is InChI=1S/C39H45N5O5/c1-2-40-38(46)43-34-20-12-10-13-27(34)21-23-31-26-49-32(25-41-31)24-22-28-14-9-11-19-33(28)42-37(45)36(44-39(47)48)35(29-15-5-3-6-16-29)30-17-7-4-8-18-30/h3-20,31-32,35-36,41,44H,2,21-26H2,1H3,(H,42,45)(H,47,48)(H2,40,43,46)/t31-,32-,36+/m1/s1. The number of para-hydroxylation sites is 2. The van der Waals surface area contributed by atoms with Crippen LogP contribution in [-0.2, 0) is 22.4 Å². The van der Waals surface area contributed by atoms with Crippen LogP contribution in [0, 0.1) is 0 Å². The topological polar surface area (TPSA) is 141 Å². The molecule has 256 valence electrons. The lowest BCUT2D eigenvalue weighted by molar-refractivity contribution is -0.118. The first-order valence-corrected chi connectivity index (χ1v) is 16.9. The second-order valence-corrected chi connectivity index (χ2v) is 12.2. The van der Waals surface area contributed by atoms with Gasteiger partial charge in [-0.15, -0.1) is 0 Å². The average molecular weight is 664 g/mol. The molecule has 5 rings (SSSR count). The molecule has 1 aliphatic rings. The third kappa shape index (κ3) is 10.2. The van der Waals surface area contributed by atoms with Crippen molar-refractivity contribution in [3.63, 3.8) is 0 Å². The fourth-order valence-electron chi connectivity index (χ4n) is 6.27. The van der Waals surface area contributed by atoms with E-state index in [9.17, 15) is 19.5 Å². The number of morpholine rings is 1. The van der Waals surface area contributed by atoms with Crippen LogP contribution in [0.15, 0.2) is 109 Å². The largest absolute Gasteiger partial charge is 0.465 e. The summed E-state index contributed by atoms with van der Waals surface area (Å²) in [6, 6.07) is 33.3. The maximum atomic E-state index is 13.9. The molecule has 0 bridgehead atoms. The van der Waals surface area contributed by atoms with Gasteiger partial charge < -0.3 is 36.4 Å². The highest BCUT2D eigenvalue weighted by atomic mass is 16.5. The fourth-order valence-corrected chi connectivity index (χ4v) is 6.27. The summed E-state index contributed by atoms with van der Waals surface area (Å²) < 4.78 is 6.26. The van der Waals surface area contributed by atoms with Crippen molar-refractivity contribution in [3.8, 4) is 0 Å². The van der Waals surface area contributed by atoms with Gasteiger partial charge in [-0.2, -0.15) is 0 Å². The number of rotatable bonds is 14. The number of anilines is 2. The van der Waals surface area contributed by atoms with Crippen molar-refractivity contribution < 1.29 is 24.2 Å². The van der Waals surface area contributed by atoms with Crippen LogP contribution in [-0.4, -0.2) is 61.0 Å². The zero-order valence-corrected chi connectivity index (χ0v) is 27.7. The second kappa shape index (κ2) is 17.8. The molecule has 1 aliphatic heterocycles. The van der Waals surface area contributed by atoms with E-state index in [-0.39, 0.29) is 18.2 Å². The Kier molecular flexibility index (Phi) is 12.8. The summed E-state index contributed by atoms with van der Waals surface area (Å²) in [6.07, 6.45) is 1.83. The van der Waals surface area contributed by atoms with Crippen LogP contribution in [0.3, 0.4) is 0 Å². The summed E-state index contributed by atoms with van der Waals surface area (Å²) in [5, 5.41) is 24.6. The Morgan fingerprint density at radius 2 is 1.33 bits per heavy atom. The lowest BCUT2D eigenvalue weighted by Gasteiger charge is -2.31. The monoisotopic (exact) mass is 663 g/mol. The van der Waals surface area contributed by atoms with Crippen molar-refractivity contribution in [1.29, 1.82) is 0 Å². The molecule has 0 aliphatic carbocycles. The van der Waals surface area contributed by atoms with Gasteiger partial charge in [-0.25, -0.2) is 9.59 Å². The fraction of sp³-hybridized carbons (Fsp3) is 0.308. The van der Waals surface area contributed by atoms with E-state index in [0.717, 1.165) is 47.2 Å². The molecule has 0 spiro atoms. The summed E-state index contributed by atoms with van der Waals surface area (Å²) in [5.74, 6) is -0.973. The number of ether oxygens (including phenoxy) is 1. The highest BCUT2D eigenvalue weighted by Crippen LogP contribution is 2.30. The lowest BCUT2D eigenvalue weighted by atomic mass is 9.84. The number of urea groups is 1. The highest BCUT2D eigenvalue weighted by Gasteiger charge is 2.33. The van der Waals surface area contributed by atoms with E-state index >= 15 is 0 Å². The smallest absolute Gasteiger partial charge is 0.405 e. The van der Waals surface area contributed by atoms with E-state index in [1.54, 1.807) is 0 Å². The molecule has 0 unspecified atom stereocenters. The van der Waals surface area contributed by atoms with Crippen molar-refractivity contribution in [3.05, 3.63) is 131 Å². The predicted molar refractivity (Wildman–Crippen MR) is 192 cm³/mol. The first kappa shape index (κ1) is 35.1. The normalized spacial score (nSPS) is 16.4. The molecule has 0 aromatic heterocycles. The molecule has 4 aromatic rings. The zero-order chi connectivity index (χ0) is 34.4. The Labute approximate surface area is 287 Å². The molecule has 3 atom stereocenters. The van der Waals surface area contributed by atoms with Crippen molar-refractivity contribution in [2.24, 2.45) is 0 Å². The molecule has 1 fully saturated rings. The van der Waals surface area contributed by atoms with Gasteiger partial charge in [0.15, 0.2) is 0 Å². The molecule has 6 N–H and O–H groups in total. The molecular formula is C39H45N5O5. The van der Waals surface area contributed by atoms with Crippen LogP contribution >= 0.6 is 0 Å². The van der Waals surface area contributed by atoms with Crippen LogP contribution in [0.5, 0.6) is 0 Å². The van der Waals surface area contributed by atoms with Crippen LogP contribution in [0.1, 0.15) is 47.9 Å². The van der Waals surface area contributed by atoms with Crippen molar-refractivity contribution in [2.75, 3.05) is 30.3 Å². The predicted octanol–water partition coefficient (Wildman–Crippen LogP) is 6.16. The Morgan fingerprint density at radius 1 is 0.776 bits per heavy atom. The van der Waals surface area contributed by atoms with E-state index < -0.39 is 24.0 Å². The van der Waals surface area contributed by atoms with Gasteiger partial charge in [0.05, 0.1) is 12.7 Å². The number of hydrogen-bond donors (Lipinski definition) is 6. The first-order valence-electron chi connectivity index (χ1n) is 16.9. The third-order valence-corrected chi connectivity index (χ3v) is 8.76. The Morgan fingerprint density at radius 3 is 1.88 bits per heavy atom. The average Bonchev–Trinajstić information content (AvgIpc) is 3.12. The Bertz CT molecular complexity index is 1620. The maximum absolute atomic E-state index is 13.9. The lowest BCUT2D eigenvalue weighted by Crippen LogP contribution is -2.47. The number of amides is 4. The third-order valence-electron chi connectivity index (χ3n) is 8.76. The molecule has 1 heterocycles. The van der Waals surface area contributed by atoms with Gasteiger partial charge in [-0.05, 0) is 67.0 Å². The van der Waals surface area contributed by atoms with Crippen molar-refractivity contribution >= 4 is 29.4 Å². The minimum Gasteiger partial charge on any atom is -0.465 e. The van der Waals surface area contributed by atoms with Crippen LogP contribution in [0.25, 0.3) is 0 Å². The van der Waals surface area contributed by atoms with Gasteiger partial charge in [0.2, 0.25) is 5.91 Å². The summed E-state index contributed by atoms with van der Waals surface area (Å²) in [6.45, 7) is 3.74. The van der Waals surface area contributed by atoms with Crippen molar-refractivity contribution in [2.45, 2.75) is 56.7 Å². The Hall–Kier alpha value is -5.19. The summed E-state index contributed by atoms with van der Waals surface area (Å²) in [4.78, 5) is 37.9. The van der Waals surface area contributed by atoms with Gasteiger partial charge in [-0.1, -0.05) is 97.1 Å². The number of hydrogen-bond acceptors (Lipinski definition) is 5. The minimum absolute atomic E-state index is 0.00803. The van der Waals surface area contributed by atoms with E-state index in [4.69, 9.17) is 4.74 Å². The molecule has 4 aromatic carbocycles. The molecular weight excluding hydrogens is 618 g/mol. The molecule has 49 heavy (non-hydrogen) atoms. The van der Waals surface area contributed by atoms with E-state index in [1.807, 2.05) is 116 Å². The van der Waals surface area contributed by atoms with Gasteiger partial charge in [-0.3, -0.25) is 4.79 Å². The number of benzene rings is 4. The zero-order valence-electron chi connectivity index (χ0n) is 27.7. The first-order chi connectivity index (χ1) is 23.9. The van der Waals surface area contributed by atoms with E-state index in [0.29, 0.717) is 31.8 Å². The van der Waals surface area contributed by atoms with E-state index in [1.165, 1.54) is 0 Å². The molecule has 0 radical (unpaired) electrons. The minimum atomic E-state index is -1.27. The SMILES string of the molecule is CCNC(=O)Nc1ccccc1CC[C@@H]1CO[C@H](CCc2ccccc2NC(=O)[C@@H](NC(=O)O)C(c2ccccc2)c2ccccc2)CN1. The molecule has 10 heteroatoms. The Balaban J connectivity index is 1.18. The molecule has 4 amide bonds. The quantitative estimate of drug-likeness (QED) is 0.0956. The summed E-state index contributed by atoms with van der Waals surface area (Å²) in [5.41, 5.74) is 5.15. The number of carboxylic acid groups (broad SMARTS) is 1. The maximum Gasteiger partial charge on any atom is 0.405 e. The number of nitrogens with one attached hydrogen (secondary N) is 5. The van der Waals surface area contributed by atoms with Crippen LogP contribution in [0.2, 0.25) is 0 Å². The van der Waals surface area contributed by atoms with E-state index in [2.05, 4.69) is 26.6 Å². The van der Waals surface area contributed by atoms with Gasteiger partial charge in [0.25, 0.3) is 0 Å². The van der Waals surface area contributed by atoms with Gasteiger partial charge >= 0.3 is 12.1 Å². The number of aryl methyl sites for hydroxylation is 2. The second-order valence-electron chi connectivity index (χ2n) is 12.2. The number of carbonyl (C=O) groups excluding carboxylic acids is 2. The molecule has 0 saturated carbocycles. The van der Waals surface area contributed by atoms with Gasteiger partial charge in [0.1, 0.15) is 6.04 Å². The van der Waals surface area contributed by atoms with Crippen molar-refractivity contribution in [1.82, 2.24) is 16.0 Å². The molecule has 10 nitrogen and oxygen atoms in total. The van der Waals surface area contributed by atoms with Crippen LogP contribution in [0.4, 0.5) is 21.0 Å². The summed E-state index contributed by atoms with van der Waals surface area (Å²) in [7, 11) is 0. The molecule has 1 saturated heterocycles. The van der Waals surface area contributed by atoms with Crippen LogP contribution < -0.4 is 26.6 Å². The number of carbonyl (C=O) groups is 3. The summed E-state index contributed by atoms with van der Waals surface area (Å²) >= 11 is 0.